The zero-order valence-corrected chi connectivity index (χ0v) is 14.2. The molecule has 0 aromatic heterocycles. The molecular formula is C16H16Cl3NO2. The number of nitrogens with zero attached hydrogens (tertiary/aromatic N) is 1. The molecule has 6 heteroatoms. The maximum Gasteiger partial charge on any atom is 0.116 e. The van der Waals surface area contributed by atoms with E-state index in [0.29, 0.717) is 21.6 Å². The first-order valence-electron chi connectivity index (χ1n) is 6.66. The molecule has 2 aromatic carbocycles. The van der Waals surface area contributed by atoms with Crippen molar-refractivity contribution in [3.05, 3.63) is 62.6 Å². The molecule has 0 heterocycles. The van der Waals surface area contributed by atoms with Crippen LogP contribution in [0.25, 0.3) is 0 Å². The summed E-state index contributed by atoms with van der Waals surface area (Å²) in [6.07, 6.45) is 0. The predicted octanol–water partition coefficient (Wildman–Crippen LogP) is 4.52. The van der Waals surface area contributed by atoms with E-state index < -0.39 is 0 Å². The van der Waals surface area contributed by atoms with E-state index in [2.05, 4.69) is 0 Å². The lowest BCUT2D eigenvalue weighted by Crippen LogP contribution is -2.27. The van der Waals surface area contributed by atoms with Gasteiger partial charge in [0, 0.05) is 11.6 Å². The van der Waals surface area contributed by atoms with Crippen LogP contribution in [0.5, 0.6) is 5.75 Å². The largest absolute Gasteiger partial charge is 0.508 e. The SMILES string of the molecule is CN(Cc1cc(O)ccc1Cl)C(CO)c1cccc(Cl)c1Cl. The predicted molar refractivity (Wildman–Crippen MR) is 90.9 cm³/mol. The van der Waals surface area contributed by atoms with Crippen molar-refractivity contribution >= 4 is 34.8 Å². The number of phenols is 1. The molecule has 3 nitrogen and oxygen atoms in total. The van der Waals surface area contributed by atoms with Gasteiger partial charge >= 0.3 is 0 Å². The average molecular weight is 361 g/mol. The Bertz CT molecular complexity index is 664. The van der Waals surface area contributed by atoms with Crippen LogP contribution in [0.15, 0.2) is 36.4 Å². The van der Waals surface area contributed by atoms with Gasteiger partial charge in [-0.1, -0.05) is 46.9 Å². The van der Waals surface area contributed by atoms with Gasteiger partial charge in [-0.05, 0) is 42.4 Å². The molecule has 0 aliphatic rings. The minimum absolute atomic E-state index is 0.118. The standard InChI is InChI=1S/C16H16Cl3NO2/c1-20(8-10-7-11(22)5-6-13(10)17)15(9-21)12-3-2-4-14(18)16(12)19/h2-7,15,21-22H,8-9H2,1H3. The summed E-state index contributed by atoms with van der Waals surface area (Å²) in [7, 11) is 1.85. The second-order valence-electron chi connectivity index (χ2n) is 5.03. The van der Waals surface area contributed by atoms with Crippen molar-refractivity contribution in [3.63, 3.8) is 0 Å². The molecule has 0 saturated carbocycles. The summed E-state index contributed by atoms with van der Waals surface area (Å²) in [5.74, 6) is 0.147. The summed E-state index contributed by atoms with van der Waals surface area (Å²) < 4.78 is 0. The molecule has 118 valence electrons. The van der Waals surface area contributed by atoms with Gasteiger partial charge in [0.1, 0.15) is 5.75 Å². The molecule has 0 saturated heterocycles. The number of hydrogen-bond acceptors (Lipinski definition) is 3. The third kappa shape index (κ3) is 3.86. The highest BCUT2D eigenvalue weighted by atomic mass is 35.5. The lowest BCUT2D eigenvalue weighted by Gasteiger charge is -2.28. The summed E-state index contributed by atoms with van der Waals surface area (Å²) in [4.78, 5) is 1.90. The van der Waals surface area contributed by atoms with Crippen molar-refractivity contribution in [3.8, 4) is 5.75 Å². The van der Waals surface area contributed by atoms with Gasteiger partial charge in [0.2, 0.25) is 0 Å². The number of benzene rings is 2. The van der Waals surface area contributed by atoms with E-state index in [1.807, 2.05) is 18.0 Å². The first kappa shape index (κ1) is 17.4. The van der Waals surface area contributed by atoms with Gasteiger partial charge in [0.05, 0.1) is 22.7 Å². The molecule has 0 spiro atoms. The van der Waals surface area contributed by atoms with Crippen LogP contribution in [0.1, 0.15) is 17.2 Å². The normalized spacial score (nSPS) is 12.6. The Kier molecular flexibility index (Phi) is 5.95. The number of aliphatic hydroxyl groups excluding tert-OH is 1. The summed E-state index contributed by atoms with van der Waals surface area (Å²) in [5.41, 5.74) is 1.51. The van der Waals surface area contributed by atoms with E-state index in [-0.39, 0.29) is 18.4 Å². The highest BCUT2D eigenvalue weighted by Gasteiger charge is 2.21. The van der Waals surface area contributed by atoms with Gasteiger partial charge in [-0.3, -0.25) is 4.90 Å². The van der Waals surface area contributed by atoms with Crippen LogP contribution in [0.3, 0.4) is 0 Å². The van der Waals surface area contributed by atoms with Crippen LogP contribution < -0.4 is 0 Å². The molecule has 2 N–H and O–H groups in total. The molecule has 0 amide bonds. The number of hydrogen-bond donors (Lipinski definition) is 2. The first-order chi connectivity index (χ1) is 10.4. The summed E-state index contributed by atoms with van der Waals surface area (Å²) in [6, 6.07) is 9.77. The minimum atomic E-state index is -0.329. The number of aromatic hydroxyl groups is 1. The second-order valence-corrected chi connectivity index (χ2v) is 6.22. The topological polar surface area (TPSA) is 43.7 Å². The van der Waals surface area contributed by atoms with Crippen molar-refractivity contribution in [1.82, 2.24) is 4.90 Å². The zero-order chi connectivity index (χ0) is 16.3. The van der Waals surface area contributed by atoms with Crippen molar-refractivity contribution in [1.29, 1.82) is 0 Å². The summed E-state index contributed by atoms with van der Waals surface area (Å²) in [5, 5.41) is 20.7. The van der Waals surface area contributed by atoms with Gasteiger partial charge in [0.25, 0.3) is 0 Å². The lowest BCUT2D eigenvalue weighted by molar-refractivity contribution is 0.142. The van der Waals surface area contributed by atoms with Crippen LogP contribution in [-0.4, -0.2) is 28.8 Å². The molecule has 0 bridgehead atoms. The number of rotatable bonds is 5. The van der Waals surface area contributed by atoms with E-state index in [9.17, 15) is 10.2 Å². The number of aliphatic hydroxyl groups is 1. The average Bonchev–Trinajstić information content (AvgIpc) is 2.48. The van der Waals surface area contributed by atoms with Gasteiger partial charge in [-0.25, -0.2) is 0 Å². The molecule has 2 aromatic rings. The number of phenolic OH excluding ortho intramolecular Hbond substituents is 1. The third-order valence-electron chi connectivity index (χ3n) is 3.49. The smallest absolute Gasteiger partial charge is 0.116 e. The lowest BCUT2D eigenvalue weighted by atomic mass is 10.1. The molecule has 0 aliphatic carbocycles. The highest BCUT2D eigenvalue weighted by molar-refractivity contribution is 6.42. The van der Waals surface area contributed by atoms with Crippen molar-refractivity contribution in [2.75, 3.05) is 13.7 Å². The molecule has 0 fully saturated rings. The monoisotopic (exact) mass is 359 g/mol. The van der Waals surface area contributed by atoms with E-state index in [0.717, 1.165) is 11.1 Å². The molecule has 1 unspecified atom stereocenters. The van der Waals surface area contributed by atoms with Gasteiger partial charge in [-0.2, -0.15) is 0 Å². The Morgan fingerprint density at radius 2 is 1.82 bits per heavy atom. The fourth-order valence-corrected chi connectivity index (χ4v) is 2.93. The third-order valence-corrected chi connectivity index (χ3v) is 4.70. The van der Waals surface area contributed by atoms with Crippen molar-refractivity contribution in [2.45, 2.75) is 12.6 Å². The van der Waals surface area contributed by atoms with E-state index in [1.165, 1.54) is 6.07 Å². The van der Waals surface area contributed by atoms with Gasteiger partial charge in [-0.15, -0.1) is 0 Å². The fraction of sp³-hybridized carbons (Fsp3) is 0.250. The van der Waals surface area contributed by atoms with Crippen molar-refractivity contribution in [2.24, 2.45) is 0 Å². The number of halogens is 3. The van der Waals surface area contributed by atoms with Gasteiger partial charge < -0.3 is 10.2 Å². The molecule has 22 heavy (non-hydrogen) atoms. The Morgan fingerprint density at radius 1 is 1.09 bits per heavy atom. The maximum atomic E-state index is 9.74. The second kappa shape index (κ2) is 7.53. The first-order valence-corrected chi connectivity index (χ1v) is 7.79. The highest BCUT2D eigenvalue weighted by Crippen LogP contribution is 2.33. The van der Waals surface area contributed by atoms with Crippen LogP contribution in [0, 0.1) is 0 Å². The van der Waals surface area contributed by atoms with E-state index >= 15 is 0 Å². The van der Waals surface area contributed by atoms with Crippen LogP contribution >= 0.6 is 34.8 Å². The Morgan fingerprint density at radius 3 is 2.50 bits per heavy atom. The molecular weight excluding hydrogens is 345 g/mol. The Balaban J connectivity index is 2.27. The van der Waals surface area contributed by atoms with E-state index in [4.69, 9.17) is 34.8 Å². The molecule has 1 atom stereocenters. The summed E-state index contributed by atoms with van der Waals surface area (Å²) >= 11 is 18.4. The van der Waals surface area contributed by atoms with Crippen molar-refractivity contribution < 1.29 is 10.2 Å². The molecule has 0 aliphatic heterocycles. The van der Waals surface area contributed by atoms with Crippen LogP contribution in [0.4, 0.5) is 0 Å². The van der Waals surface area contributed by atoms with Crippen LogP contribution in [-0.2, 0) is 6.54 Å². The number of likely N-dealkylation sites (N-methyl/N-ethyl adjacent to an activating group) is 1. The fourth-order valence-electron chi connectivity index (χ4n) is 2.31. The molecule has 0 radical (unpaired) electrons. The zero-order valence-electron chi connectivity index (χ0n) is 11.9. The Labute approximate surface area is 144 Å². The molecule has 2 rings (SSSR count). The maximum absolute atomic E-state index is 9.74. The minimum Gasteiger partial charge on any atom is -0.508 e. The van der Waals surface area contributed by atoms with Crippen LogP contribution in [0.2, 0.25) is 15.1 Å². The quantitative estimate of drug-likeness (QED) is 0.824. The van der Waals surface area contributed by atoms with E-state index in [1.54, 1.807) is 24.3 Å². The van der Waals surface area contributed by atoms with Gasteiger partial charge in [0.15, 0.2) is 0 Å². The summed E-state index contributed by atoms with van der Waals surface area (Å²) in [6.45, 7) is 0.328. The Hall–Kier alpha value is -0.970.